The van der Waals surface area contributed by atoms with Gasteiger partial charge in [0.15, 0.2) is 62.9 Å². The molecular formula is C46H28O17. The van der Waals surface area contributed by atoms with Crippen molar-refractivity contribution in [2.45, 2.75) is 0 Å². The van der Waals surface area contributed by atoms with Crippen molar-refractivity contribution in [1.82, 2.24) is 0 Å². The Hall–Kier alpha value is -9.38. The first-order chi connectivity index (χ1) is 30.0. The molecule has 16 N–H and O–H groups in total. The minimum absolute atomic E-state index is 0.0891. The summed E-state index contributed by atoms with van der Waals surface area (Å²) in [5.41, 5.74) is -0.628. The van der Waals surface area contributed by atoms with E-state index in [9.17, 15) is 81.7 Å². The first-order valence-corrected chi connectivity index (χ1v) is 18.5. The highest BCUT2D eigenvalue weighted by molar-refractivity contribution is 6.29. The average molecular weight is 853 g/mol. The maximum absolute atomic E-state index is 12.2. The van der Waals surface area contributed by atoms with Crippen LogP contribution in [-0.2, 0) is 0 Å². The molecule has 0 saturated heterocycles. The van der Waals surface area contributed by atoms with Gasteiger partial charge in [-0.2, -0.15) is 0 Å². The molecule has 0 amide bonds. The summed E-state index contributed by atoms with van der Waals surface area (Å²) in [4.78, 5) is 0. The molecule has 0 radical (unpaired) electrons. The van der Waals surface area contributed by atoms with Gasteiger partial charge in [0, 0.05) is 5.56 Å². The number of aromatic hydroxyl groups is 16. The van der Waals surface area contributed by atoms with E-state index in [1.54, 1.807) is 60.7 Å². The van der Waals surface area contributed by atoms with Crippen LogP contribution >= 0.6 is 0 Å². The lowest BCUT2D eigenvalue weighted by Crippen LogP contribution is -1.92. The van der Waals surface area contributed by atoms with Gasteiger partial charge in [-0.05, 0) is 38.2 Å². The standard InChI is InChI=1S/C46H28O17/c47-29-20(31(49)32(50)24-23(29)34(52)40(58)41(59)35(24)53)14-11-9-13(10-12-14)19-15-5-1-3-7-17(15)21(18-8-4-2-6-16(18)19)22-30(48)27-28-38(56)33(51)25-26(39(57)43(61)42(60)36(25)54)45(28)63-46(27)44(62)37(22)55/h1-12,47-62H. The lowest BCUT2D eigenvalue weighted by atomic mass is 9.84. The van der Waals surface area contributed by atoms with Gasteiger partial charge in [-0.15, -0.1) is 0 Å². The molecule has 0 aliphatic carbocycles. The van der Waals surface area contributed by atoms with Crippen molar-refractivity contribution in [1.29, 1.82) is 0 Å². The minimum Gasteiger partial charge on any atom is -0.506 e. The average Bonchev–Trinajstić information content (AvgIpc) is 3.69. The van der Waals surface area contributed by atoms with Crippen LogP contribution in [0.2, 0.25) is 0 Å². The molecule has 0 fully saturated rings. The summed E-state index contributed by atoms with van der Waals surface area (Å²) in [5.74, 6) is -16.9. The first-order valence-electron chi connectivity index (χ1n) is 18.5. The van der Waals surface area contributed by atoms with Crippen LogP contribution in [0.15, 0.2) is 77.2 Å². The molecule has 17 heteroatoms. The van der Waals surface area contributed by atoms with E-state index < -0.39 is 141 Å². The zero-order chi connectivity index (χ0) is 44.8. The van der Waals surface area contributed by atoms with Crippen molar-refractivity contribution in [3.8, 4) is 125 Å². The second-order valence-electron chi connectivity index (χ2n) is 14.8. The van der Waals surface area contributed by atoms with Crippen LogP contribution in [0.1, 0.15) is 0 Å². The highest BCUT2D eigenvalue weighted by atomic mass is 16.4. The van der Waals surface area contributed by atoms with Gasteiger partial charge in [0.2, 0.25) is 28.7 Å². The normalized spacial score (nSPS) is 11.9. The van der Waals surface area contributed by atoms with Gasteiger partial charge in [-0.25, -0.2) is 0 Å². The highest BCUT2D eigenvalue weighted by Gasteiger charge is 2.34. The van der Waals surface area contributed by atoms with E-state index in [-0.39, 0.29) is 16.7 Å². The van der Waals surface area contributed by atoms with Gasteiger partial charge in [0.1, 0.15) is 11.5 Å². The molecule has 314 valence electrons. The summed E-state index contributed by atoms with van der Waals surface area (Å²) in [7, 11) is 0. The maximum Gasteiger partial charge on any atom is 0.205 e. The van der Waals surface area contributed by atoms with Crippen LogP contribution < -0.4 is 0 Å². The maximum atomic E-state index is 12.2. The molecule has 10 aromatic rings. The van der Waals surface area contributed by atoms with Crippen LogP contribution in [0.5, 0.6) is 92.0 Å². The number of hydrogen-bond donors (Lipinski definition) is 16. The first kappa shape index (κ1) is 37.9. The summed E-state index contributed by atoms with van der Waals surface area (Å²) in [5, 5.41) is 172. The van der Waals surface area contributed by atoms with E-state index in [1.165, 1.54) is 12.1 Å². The summed E-state index contributed by atoms with van der Waals surface area (Å²) < 4.78 is 5.78. The molecule has 0 spiro atoms. The van der Waals surface area contributed by atoms with Crippen LogP contribution in [0.3, 0.4) is 0 Å². The molecule has 1 aromatic heterocycles. The Morgan fingerprint density at radius 3 is 1.02 bits per heavy atom. The summed E-state index contributed by atoms with van der Waals surface area (Å²) in [6.07, 6.45) is 0. The van der Waals surface area contributed by atoms with Gasteiger partial charge in [0.05, 0.1) is 43.4 Å². The van der Waals surface area contributed by atoms with E-state index >= 15 is 0 Å². The fourth-order valence-corrected chi connectivity index (χ4v) is 8.73. The van der Waals surface area contributed by atoms with Gasteiger partial charge in [0.25, 0.3) is 0 Å². The van der Waals surface area contributed by atoms with Crippen molar-refractivity contribution < 1.29 is 86.1 Å². The number of rotatable bonds is 3. The predicted octanol–water partition coefficient (Wildman–Crippen LogP) is 8.49. The highest BCUT2D eigenvalue weighted by Crippen LogP contribution is 2.63. The van der Waals surface area contributed by atoms with Crippen molar-refractivity contribution in [2.75, 3.05) is 0 Å². The fourth-order valence-electron chi connectivity index (χ4n) is 8.73. The Balaban J connectivity index is 1.24. The Morgan fingerprint density at radius 1 is 0.222 bits per heavy atom. The second kappa shape index (κ2) is 12.6. The third kappa shape index (κ3) is 4.63. The Kier molecular flexibility index (Phi) is 7.55. The number of benzene rings is 9. The molecule has 0 aliphatic rings. The SMILES string of the molecule is Oc1c(-c2c3ccccc3c(-c3ccc(-c4c(O)c(O)c5c(O)c(O)c(O)c(O)c5c4O)cc3)c3ccccc23)c(O)c2c(oc3c4c(O)c(O)c(O)c(O)c4c(O)c(O)c32)c1O. The van der Waals surface area contributed by atoms with Crippen molar-refractivity contribution in [3.05, 3.63) is 72.8 Å². The predicted molar refractivity (Wildman–Crippen MR) is 227 cm³/mol. The molecule has 1 heterocycles. The zero-order valence-electron chi connectivity index (χ0n) is 31.5. The van der Waals surface area contributed by atoms with Gasteiger partial charge in [-0.3, -0.25) is 0 Å². The Morgan fingerprint density at radius 2 is 0.524 bits per heavy atom. The summed E-state index contributed by atoms with van der Waals surface area (Å²) >= 11 is 0. The fraction of sp³-hybridized carbons (Fsp3) is 0. The number of hydrogen-bond acceptors (Lipinski definition) is 17. The summed E-state index contributed by atoms with van der Waals surface area (Å²) in [6, 6.07) is 19.7. The smallest absolute Gasteiger partial charge is 0.205 e. The monoisotopic (exact) mass is 852 g/mol. The third-order valence-electron chi connectivity index (χ3n) is 11.6. The van der Waals surface area contributed by atoms with Crippen LogP contribution in [0.25, 0.3) is 98.4 Å². The van der Waals surface area contributed by atoms with E-state index in [4.69, 9.17) is 4.42 Å². The topological polar surface area (TPSA) is 337 Å². The largest absolute Gasteiger partial charge is 0.506 e. The molecule has 0 saturated carbocycles. The molecular weight excluding hydrogens is 824 g/mol. The second-order valence-corrected chi connectivity index (χ2v) is 14.8. The van der Waals surface area contributed by atoms with Gasteiger partial charge in [-0.1, -0.05) is 72.8 Å². The lowest BCUT2D eigenvalue weighted by Gasteiger charge is -2.20. The molecule has 17 nitrogen and oxygen atoms in total. The van der Waals surface area contributed by atoms with Gasteiger partial charge >= 0.3 is 0 Å². The van der Waals surface area contributed by atoms with Crippen LogP contribution in [0.4, 0.5) is 0 Å². The molecule has 63 heavy (non-hydrogen) atoms. The molecule has 0 unspecified atom stereocenters. The zero-order valence-corrected chi connectivity index (χ0v) is 31.5. The molecule has 10 rings (SSSR count). The number of fused-ring (bicyclic) bond motifs is 8. The number of furan rings is 1. The Labute approximate surface area is 348 Å². The lowest BCUT2D eigenvalue weighted by molar-refractivity contribution is 0.347. The molecule has 0 atom stereocenters. The summed E-state index contributed by atoms with van der Waals surface area (Å²) in [6.45, 7) is 0. The molecule has 0 bridgehead atoms. The van der Waals surface area contributed by atoms with E-state index in [0.717, 1.165) is 0 Å². The van der Waals surface area contributed by atoms with Crippen LogP contribution in [0, 0.1) is 0 Å². The Bertz CT molecular complexity index is 3680. The number of phenols is 16. The van der Waals surface area contributed by atoms with Crippen LogP contribution in [-0.4, -0.2) is 81.7 Å². The van der Waals surface area contributed by atoms with Crippen molar-refractivity contribution in [3.63, 3.8) is 0 Å². The van der Waals surface area contributed by atoms with E-state index in [0.29, 0.717) is 32.7 Å². The number of phenolic OH excluding ortho intramolecular Hbond substituents is 16. The third-order valence-corrected chi connectivity index (χ3v) is 11.6. The van der Waals surface area contributed by atoms with Crippen molar-refractivity contribution >= 4 is 65.0 Å². The molecule has 0 aliphatic heterocycles. The van der Waals surface area contributed by atoms with E-state index in [1.807, 2.05) is 0 Å². The van der Waals surface area contributed by atoms with Crippen molar-refractivity contribution in [2.24, 2.45) is 0 Å². The molecule has 9 aromatic carbocycles. The minimum atomic E-state index is -1.23. The van der Waals surface area contributed by atoms with Gasteiger partial charge < -0.3 is 86.1 Å². The quantitative estimate of drug-likeness (QED) is 0.0450. The van der Waals surface area contributed by atoms with E-state index in [2.05, 4.69) is 0 Å².